The number of halogens is 1. The molecule has 19 heavy (non-hydrogen) atoms. The molecule has 0 amide bonds. The van der Waals surface area contributed by atoms with Crippen molar-refractivity contribution in [2.24, 2.45) is 0 Å². The van der Waals surface area contributed by atoms with Crippen molar-refractivity contribution in [2.45, 2.75) is 32.4 Å². The highest BCUT2D eigenvalue weighted by molar-refractivity contribution is 6.30. The van der Waals surface area contributed by atoms with Gasteiger partial charge in [-0.25, -0.2) is 0 Å². The van der Waals surface area contributed by atoms with Crippen LogP contribution >= 0.6 is 11.6 Å². The minimum Gasteiger partial charge on any atom is -0.310 e. The van der Waals surface area contributed by atoms with Crippen LogP contribution in [0.3, 0.4) is 0 Å². The van der Waals surface area contributed by atoms with Crippen LogP contribution in [-0.4, -0.2) is 6.04 Å². The number of rotatable bonds is 6. The highest BCUT2D eigenvalue weighted by atomic mass is 35.5. The van der Waals surface area contributed by atoms with Crippen molar-refractivity contribution >= 4 is 11.6 Å². The Labute approximate surface area is 120 Å². The van der Waals surface area contributed by atoms with Gasteiger partial charge in [-0.15, -0.1) is 0 Å². The molecule has 0 saturated heterocycles. The number of nitrogens with one attached hydrogen (secondary N) is 1. The van der Waals surface area contributed by atoms with Gasteiger partial charge in [-0.05, 0) is 36.1 Å². The molecule has 0 heterocycles. The van der Waals surface area contributed by atoms with Crippen LogP contribution in [0.1, 0.15) is 24.5 Å². The molecule has 2 aromatic carbocycles. The Morgan fingerprint density at radius 3 is 2.26 bits per heavy atom. The summed E-state index contributed by atoms with van der Waals surface area (Å²) in [7, 11) is 0. The Morgan fingerprint density at radius 2 is 1.63 bits per heavy atom. The molecule has 0 fully saturated rings. The van der Waals surface area contributed by atoms with Crippen LogP contribution in [0.15, 0.2) is 54.6 Å². The van der Waals surface area contributed by atoms with Crippen molar-refractivity contribution in [3.05, 3.63) is 70.7 Å². The van der Waals surface area contributed by atoms with Gasteiger partial charge in [0.15, 0.2) is 0 Å². The summed E-state index contributed by atoms with van der Waals surface area (Å²) >= 11 is 5.89. The third-order valence-corrected chi connectivity index (χ3v) is 3.58. The number of hydrogen-bond acceptors (Lipinski definition) is 1. The summed E-state index contributed by atoms with van der Waals surface area (Å²) in [4.78, 5) is 0. The van der Waals surface area contributed by atoms with E-state index in [0.29, 0.717) is 6.04 Å². The van der Waals surface area contributed by atoms with Gasteiger partial charge in [0, 0.05) is 17.6 Å². The molecule has 2 aromatic rings. The Balaban J connectivity index is 1.87. The largest absolute Gasteiger partial charge is 0.310 e. The first-order chi connectivity index (χ1) is 9.28. The van der Waals surface area contributed by atoms with Crippen LogP contribution in [0.25, 0.3) is 0 Å². The highest BCUT2D eigenvalue weighted by Crippen LogP contribution is 2.10. The zero-order valence-corrected chi connectivity index (χ0v) is 12.0. The average Bonchev–Trinajstić information content (AvgIpc) is 2.46. The van der Waals surface area contributed by atoms with E-state index in [0.717, 1.165) is 24.4 Å². The Hall–Kier alpha value is -1.31. The predicted molar refractivity (Wildman–Crippen MR) is 82.5 cm³/mol. The van der Waals surface area contributed by atoms with Gasteiger partial charge in [0.2, 0.25) is 0 Å². The van der Waals surface area contributed by atoms with E-state index in [2.05, 4.69) is 54.7 Å². The predicted octanol–water partition coefficient (Wildman–Crippen LogP) is 4.45. The minimum atomic E-state index is 0.512. The molecule has 0 spiro atoms. The Bertz CT molecular complexity index is 478. The maximum atomic E-state index is 5.89. The van der Waals surface area contributed by atoms with Crippen molar-refractivity contribution < 1.29 is 0 Å². The lowest BCUT2D eigenvalue weighted by atomic mass is 10.0. The molecule has 1 nitrogen and oxygen atoms in total. The van der Waals surface area contributed by atoms with Crippen LogP contribution in [0.2, 0.25) is 5.02 Å². The van der Waals surface area contributed by atoms with Crippen molar-refractivity contribution in [3.63, 3.8) is 0 Å². The van der Waals surface area contributed by atoms with Crippen molar-refractivity contribution in [3.8, 4) is 0 Å². The van der Waals surface area contributed by atoms with Crippen LogP contribution < -0.4 is 5.32 Å². The smallest absolute Gasteiger partial charge is 0.0406 e. The third kappa shape index (κ3) is 4.70. The van der Waals surface area contributed by atoms with Crippen LogP contribution in [0, 0.1) is 0 Å². The van der Waals surface area contributed by atoms with Gasteiger partial charge >= 0.3 is 0 Å². The summed E-state index contributed by atoms with van der Waals surface area (Å²) in [6.45, 7) is 3.12. The van der Waals surface area contributed by atoms with Gasteiger partial charge in [-0.1, -0.05) is 61.0 Å². The lowest BCUT2D eigenvalue weighted by Crippen LogP contribution is -2.29. The quantitative estimate of drug-likeness (QED) is 0.820. The summed E-state index contributed by atoms with van der Waals surface area (Å²) < 4.78 is 0. The van der Waals surface area contributed by atoms with Gasteiger partial charge in [0.05, 0.1) is 0 Å². The van der Waals surface area contributed by atoms with E-state index in [1.54, 1.807) is 0 Å². The lowest BCUT2D eigenvalue weighted by molar-refractivity contribution is 0.494. The summed E-state index contributed by atoms with van der Waals surface area (Å²) in [6, 6.07) is 19.2. The van der Waals surface area contributed by atoms with Gasteiger partial charge < -0.3 is 5.32 Å². The standard InChI is InChI=1S/C17H20ClN/c1-2-17(12-14-6-4-3-5-7-14)19-13-15-8-10-16(18)11-9-15/h3-11,17,19H,2,12-13H2,1H3. The normalized spacial score (nSPS) is 12.3. The zero-order chi connectivity index (χ0) is 13.5. The first-order valence-corrected chi connectivity index (χ1v) is 7.17. The molecule has 1 unspecified atom stereocenters. The monoisotopic (exact) mass is 273 g/mol. The van der Waals surface area contributed by atoms with Crippen molar-refractivity contribution in [2.75, 3.05) is 0 Å². The summed E-state index contributed by atoms with van der Waals surface area (Å²) in [5.74, 6) is 0. The number of benzene rings is 2. The Morgan fingerprint density at radius 1 is 0.947 bits per heavy atom. The van der Waals surface area contributed by atoms with E-state index in [-0.39, 0.29) is 0 Å². The molecule has 1 atom stereocenters. The molecule has 0 aromatic heterocycles. The molecule has 2 heteroatoms. The second kappa shape index (κ2) is 7.32. The van der Waals surface area contributed by atoms with E-state index in [4.69, 9.17) is 11.6 Å². The maximum absolute atomic E-state index is 5.89. The van der Waals surface area contributed by atoms with Gasteiger partial charge in [0.1, 0.15) is 0 Å². The minimum absolute atomic E-state index is 0.512. The Kier molecular flexibility index (Phi) is 5.44. The molecule has 0 radical (unpaired) electrons. The fourth-order valence-corrected chi connectivity index (χ4v) is 2.25. The summed E-state index contributed by atoms with van der Waals surface area (Å²) in [6.07, 6.45) is 2.20. The SMILES string of the molecule is CCC(Cc1ccccc1)NCc1ccc(Cl)cc1. The van der Waals surface area contributed by atoms with E-state index in [1.165, 1.54) is 11.1 Å². The molecular weight excluding hydrogens is 254 g/mol. The molecule has 1 N–H and O–H groups in total. The van der Waals surface area contributed by atoms with Crippen LogP contribution in [-0.2, 0) is 13.0 Å². The first kappa shape index (κ1) is 14.1. The zero-order valence-electron chi connectivity index (χ0n) is 11.3. The van der Waals surface area contributed by atoms with Gasteiger partial charge in [-0.2, -0.15) is 0 Å². The average molecular weight is 274 g/mol. The van der Waals surface area contributed by atoms with E-state index in [1.807, 2.05) is 12.1 Å². The molecule has 2 rings (SSSR count). The maximum Gasteiger partial charge on any atom is 0.0406 e. The lowest BCUT2D eigenvalue weighted by Gasteiger charge is -2.17. The van der Waals surface area contributed by atoms with E-state index < -0.39 is 0 Å². The summed E-state index contributed by atoms with van der Waals surface area (Å²) in [5, 5.41) is 4.40. The van der Waals surface area contributed by atoms with Crippen molar-refractivity contribution in [1.29, 1.82) is 0 Å². The molecule has 0 aliphatic rings. The van der Waals surface area contributed by atoms with Crippen molar-refractivity contribution in [1.82, 2.24) is 5.32 Å². The molecule has 100 valence electrons. The first-order valence-electron chi connectivity index (χ1n) is 6.79. The molecule has 0 saturated carbocycles. The molecule has 0 bridgehead atoms. The second-order valence-electron chi connectivity index (χ2n) is 4.80. The van der Waals surface area contributed by atoms with E-state index in [9.17, 15) is 0 Å². The highest BCUT2D eigenvalue weighted by Gasteiger charge is 2.06. The molecule has 0 aliphatic heterocycles. The van der Waals surface area contributed by atoms with Crippen LogP contribution in [0.4, 0.5) is 0 Å². The van der Waals surface area contributed by atoms with Crippen LogP contribution in [0.5, 0.6) is 0 Å². The molecule has 0 aliphatic carbocycles. The number of hydrogen-bond donors (Lipinski definition) is 1. The van der Waals surface area contributed by atoms with Gasteiger partial charge in [-0.3, -0.25) is 0 Å². The second-order valence-corrected chi connectivity index (χ2v) is 5.24. The fourth-order valence-electron chi connectivity index (χ4n) is 2.12. The third-order valence-electron chi connectivity index (χ3n) is 3.33. The summed E-state index contributed by atoms with van der Waals surface area (Å²) in [5.41, 5.74) is 2.66. The molecular formula is C17H20ClN. The topological polar surface area (TPSA) is 12.0 Å². The van der Waals surface area contributed by atoms with E-state index >= 15 is 0 Å². The van der Waals surface area contributed by atoms with Gasteiger partial charge in [0.25, 0.3) is 0 Å². The fraction of sp³-hybridized carbons (Fsp3) is 0.294.